The van der Waals surface area contributed by atoms with E-state index in [0.717, 1.165) is 26.9 Å². The average molecular weight is 523 g/mol. The Morgan fingerprint density at radius 3 is 2.46 bits per heavy atom. The van der Waals surface area contributed by atoms with Gasteiger partial charge in [-0.15, -0.1) is 0 Å². The van der Waals surface area contributed by atoms with E-state index < -0.39 is 43.9 Å². The van der Waals surface area contributed by atoms with Crippen molar-refractivity contribution in [2.75, 3.05) is 0 Å². The molecule has 3 amide bonds. The third kappa shape index (κ3) is 4.09. The number of H-pyrrole nitrogens is 1. The minimum atomic E-state index is -3.74. The van der Waals surface area contributed by atoms with E-state index in [-0.39, 0.29) is 24.8 Å². The molecule has 0 bridgehead atoms. The summed E-state index contributed by atoms with van der Waals surface area (Å²) >= 11 is 0. The number of aromatic nitrogens is 1. The van der Waals surface area contributed by atoms with Gasteiger partial charge in [-0.3, -0.25) is 14.4 Å². The van der Waals surface area contributed by atoms with Crippen LogP contribution in [0, 0.1) is 0 Å². The van der Waals surface area contributed by atoms with Crippen molar-refractivity contribution in [3.8, 4) is 0 Å². The second kappa shape index (κ2) is 9.02. The Morgan fingerprint density at radius 1 is 1.08 bits per heavy atom. The van der Waals surface area contributed by atoms with Crippen LogP contribution in [-0.4, -0.2) is 58.2 Å². The van der Waals surface area contributed by atoms with Crippen molar-refractivity contribution >= 4 is 38.5 Å². The number of β-lactam (4-membered cyclic amide) rings is 1. The molecule has 0 unspecified atom stereocenters. The van der Waals surface area contributed by atoms with Crippen LogP contribution in [0.15, 0.2) is 60.8 Å². The maximum atomic E-state index is 13.6. The van der Waals surface area contributed by atoms with Gasteiger partial charge < -0.3 is 20.5 Å². The topological polar surface area (TPSA) is 128 Å². The van der Waals surface area contributed by atoms with Gasteiger partial charge in [0, 0.05) is 23.5 Å². The van der Waals surface area contributed by atoms with Crippen LogP contribution in [0.25, 0.3) is 10.9 Å². The van der Waals surface area contributed by atoms with Gasteiger partial charge in [-0.05, 0) is 38.0 Å². The molecule has 9 nitrogen and oxygen atoms in total. The monoisotopic (exact) mass is 522 g/mol. The summed E-state index contributed by atoms with van der Waals surface area (Å²) in [5.74, 6) is -1.44. The average Bonchev–Trinajstić information content (AvgIpc) is 3.32. The summed E-state index contributed by atoms with van der Waals surface area (Å²) in [5, 5.41) is 5.69. The second-order valence-corrected chi connectivity index (χ2v) is 13.0. The summed E-state index contributed by atoms with van der Waals surface area (Å²) < 4.78 is 24.5. The number of sulfone groups is 1. The largest absolute Gasteiger partial charge is 0.361 e. The summed E-state index contributed by atoms with van der Waals surface area (Å²) in [6.45, 7) is 4.78. The van der Waals surface area contributed by atoms with Gasteiger partial charge in [0.05, 0.1) is 17.2 Å². The van der Waals surface area contributed by atoms with Gasteiger partial charge in [0.25, 0.3) is 0 Å². The summed E-state index contributed by atoms with van der Waals surface area (Å²) in [5.41, 5.74) is 2.64. The number of hydrogen-bond donors (Lipinski definition) is 3. The number of carbonyl (C=O) groups is 3. The lowest BCUT2D eigenvalue weighted by molar-refractivity contribution is -0.150. The smallest absolute Gasteiger partial charge is 0.245 e. The number of nitrogens with zero attached hydrogens (tertiary/aromatic N) is 1. The maximum Gasteiger partial charge on any atom is 0.245 e. The highest BCUT2D eigenvalue weighted by atomic mass is 32.2. The Hall–Kier alpha value is -3.66. The zero-order valence-electron chi connectivity index (χ0n) is 20.9. The van der Waals surface area contributed by atoms with Crippen LogP contribution < -0.4 is 10.6 Å². The predicted molar refractivity (Wildman–Crippen MR) is 139 cm³/mol. The normalized spacial score (nSPS) is 23.1. The lowest BCUT2D eigenvalue weighted by Crippen LogP contribution is -2.62. The van der Waals surface area contributed by atoms with E-state index >= 15 is 0 Å². The molecular formula is C27H30N4O5S. The number of aromatic amines is 1. The number of carbonyl (C=O) groups excluding carboxylic acids is 3. The molecule has 4 atom stereocenters. The van der Waals surface area contributed by atoms with Gasteiger partial charge >= 0.3 is 0 Å². The Bertz CT molecular complexity index is 1480. The molecule has 2 aliphatic rings. The van der Waals surface area contributed by atoms with Gasteiger partial charge in [-0.25, -0.2) is 8.42 Å². The van der Waals surface area contributed by atoms with Crippen LogP contribution >= 0.6 is 0 Å². The molecule has 0 spiro atoms. The molecule has 3 heterocycles. The van der Waals surface area contributed by atoms with Crippen molar-refractivity contribution in [1.29, 1.82) is 0 Å². The predicted octanol–water partition coefficient (Wildman–Crippen LogP) is 2.21. The highest BCUT2D eigenvalue weighted by Gasteiger charge is 2.67. The molecule has 0 radical (unpaired) electrons. The van der Waals surface area contributed by atoms with Gasteiger partial charge in [0.2, 0.25) is 17.7 Å². The fraction of sp³-hybridized carbons (Fsp3) is 0.370. The molecule has 3 N–H and O–H groups in total. The first-order chi connectivity index (χ1) is 17.5. The molecule has 0 saturated carbocycles. The number of fused-ring (bicyclic) bond motifs is 2. The molecule has 5 rings (SSSR count). The summed E-state index contributed by atoms with van der Waals surface area (Å²) in [6, 6.07) is 14.6. The number of rotatable bonds is 7. The van der Waals surface area contributed by atoms with E-state index in [2.05, 4.69) is 15.6 Å². The quantitative estimate of drug-likeness (QED) is 0.410. The Morgan fingerprint density at radius 2 is 1.76 bits per heavy atom. The van der Waals surface area contributed by atoms with Crippen LogP contribution in [0.3, 0.4) is 0 Å². The number of hydrogen-bond acceptors (Lipinski definition) is 5. The summed E-state index contributed by atoms with van der Waals surface area (Å²) in [6.07, 6.45) is 1.86. The lowest BCUT2D eigenvalue weighted by atomic mass is 9.96. The Kier molecular flexibility index (Phi) is 6.10. The molecule has 194 valence electrons. The first kappa shape index (κ1) is 25.0. The molecule has 37 heavy (non-hydrogen) atoms. The number of nitrogens with one attached hydrogen (secondary N) is 3. The zero-order valence-corrected chi connectivity index (χ0v) is 21.7. The second-order valence-electron chi connectivity index (χ2n) is 10.3. The minimum Gasteiger partial charge on any atom is -0.361 e. The van der Waals surface area contributed by atoms with Gasteiger partial charge in [-0.1, -0.05) is 48.5 Å². The third-order valence-electron chi connectivity index (χ3n) is 7.61. The first-order valence-electron chi connectivity index (χ1n) is 12.3. The molecule has 2 aromatic carbocycles. The van der Waals surface area contributed by atoms with Crippen LogP contribution in [0.4, 0.5) is 0 Å². The maximum absolute atomic E-state index is 13.6. The van der Waals surface area contributed by atoms with Crippen molar-refractivity contribution in [3.63, 3.8) is 0 Å². The van der Waals surface area contributed by atoms with Crippen LogP contribution in [0.1, 0.15) is 44.4 Å². The van der Waals surface area contributed by atoms with Crippen LogP contribution in [0.2, 0.25) is 0 Å². The molecular weight excluding hydrogens is 492 g/mol. The first-order valence-corrected chi connectivity index (χ1v) is 13.8. The molecule has 10 heteroatoms. The van der Waals surface area contributed by atoms with E-state index in [4.69, 9.17) is 0 Å². The van der Waals surface area contributed by atoms with Crippen molar-refractivity contribution < 1.29 is 22.8 Å². The molecule has 2 saturated heterocycles. The lowest BCUT2D eigenvalue weighted by Gasteiger charge is -2.37. The summed E-state index contributed by atoms with van der Waals surface area (Å²) in [4.78, 5) is 43.8. The van der Waals surface area contributed by atoms with Crippen molar-refractivity contribution in [1.82, 2.24) is 20.5 Å². The Balaban J connectivity index is 1.43. The standard InChI is InChI=1S/C27H30N4O5S/c1-16(17-9-5-4-6-10-17)29-25(33)21(13-18-15-28-20-12-8-7-11-19(18)20)30-26(34)24-27(2,3)37(35,36)23-14-22(32)31(23)24/h4-12,15-16,21,23-24,28H,13-14H2,1-3H3,(H,29,33)(H,30,34)/t16-,21+,23+,24-/m1/s1. The highest BCUT2D eigenvalue weighted by Crippen LogP contribution is 2.45. The number of para-hydroxylation sites is 1. The van der Waals surface area contributed by atoms with Crippen LogP contribution in [0.5, 0.6) is 0 Å². The fourth-order valence-electron chi connectivity index (χ4n) is 5.37. The number of benzene rings is 2. The van der Waals surface area contributed by atoms with E-state index in [1.807, 2.05) is 61.5 Å². The highest BCUT2D eigenvalue weighted by molar-refractivity contribution is 7.93. The van der Waals surface area contributed by atoms with E-state index in [1.54, 1.807) is 6.20 Å². The third-order valence-corrected chi connectivity index (χ3v) is 10.4. The van der Waals surface area contributed by atoms with Gasteiger partial charge in [0.1, 0.15) is 17.5 Å². The molecule has 0 aliphatic carbocycles. The fourth-order valence-corrected chi connectivity index (χ4v) is 7.51. The van der Waals surface area contributed by atoms with Gasteiger partial charge in [-0.2, -0.15) is 0 Å². The van der Waals surface area contributed by atoms with Crippen molar-refractivity contribution in [2.45, 2.75) is 61.9 Å². The molecule has 2 aliphatic heterocycles. The van der Waals surface area contributed by atoms with E-state index in [1.165, 1.54) is 13.8 Å². The molecule has 3 aromatic rings. The van der Waals surface area contributed by atoms with Crippen molar-refractivity contribution in [2.24, 2.45) is 0 Å². The Labute approximate surface area is 215 Å². The van der Waals surface area contributed by atoms with E-state index in [9.17, 15) is 22.8 Å². The molecule has 2 fully saturated rings. The van der Waals surface area contributed by atoms with Crippen LogP contribution in [-0.2, 0) is 30.6 Å². The number of amides is 3. The molecule has 1 aromatic heterocycles. The SMILES string of the molecule is C[C@@H](NC(=O)[C@H](Cc1c[nH]c2ccccc12)NC(=O)[C@H]1N2C(=O)C[C@@H]2S(=O)(=O)C1(C)C)c1ccccc1. The van der Waals surface area contributed by atoms with E-state index in [0.29, 0.717) is 0 Å². The summed E-state index contributed by atoms with van der Waals surface area (Å²) in [7, 11) is -3.74. The van der Waals surface area contributed by atoms with Gasteiger partial charge in [0.15, 0.2) is 9.84 Å². The minimum absolute atomic E-state index is 0.122. The zero-order chi connectivity index (χ0) is 26.5. The van der Waals surface area contributed by atoms with Crippen molar-refractivity contribution in [3.05, 3.63) is 71.9 Å².